The van der Waals surface area contributed by atoms with Gasteiger partial charge >= 0.3 is 0 Å². The lowest BCUT2D eigenvalue weighted by molar-refractivity contribution is 0.107. The maximum absolute atomic E-state index is 13.6. The lowest BCUT2D eigenvalue weighted by Gasteiger charge is -2.35. The van der Waals surface area contributed by atoms with E-state index in [2.05, 4.69) is 0 Å². The third kappa shape index (κ3) is 3.22. The summed E-state index contributed by atoms with van der Waals surface area (Å²) in [6.07, 6.45) is 4.22. The predicted molar refractivity (Wildman–Crippen MR) is 103 cm³/mol. The average Bonchev–Trinajstić information content (AvgIpc) is 3.05. The molecule has 1 fully saturated rings. The van der Waals surface area contributed by atoms with Crippen molar-refractivity contribution >= 4 is 10.0 Å². The van der Waals surface area contributed by atoms with Gasteiger partial charge in [0.2, 0.25) is 10.0 Å². The highest BCUT2D eigenvalue weighted by atomic mass is 32.2. The molecular weight excluding hydrogens is 362 g/mol. The number of benzene rings is 1. The number of hydrogen-bond donors (Lipinski definition) is 0. The number of rotatable bonds is 4. The zero-order valence-corrected chi connectivity index (χ0v) is 16.8. The van der Waals surface area contributed by atoms with Crippen LogP contribution in [0, 0.1) is 0 Å². The summed E-state index contributed by atoms with van der Waals surface area (Å²) in [6.45, 7) is 3.75. The minimum Gasteiger partial charge on any atom is -0.376 e. The largest absolute Gasteiger partial charge is 0.376 e. The second-order valence-electron chi connectivity index (χ2n) is 7.33. The number of hydrogen-bond acceptors (Lipinski definition) is 4. The first kappa shape index (κ1) is 18.7. The van der Waals surface area contributed by atoms with Crippen LogP contribution in [0.1, 0.15) is 54.7 Å². The molecule has 3 heterocycles. The first-order valence-corrected chi connectivity index (χ1v) is 11.2. The van der Waals surface area contributed by atoms with E-state index in [1.807, 2.05) is 36.9 Å². The molecule has 146 valence electrons. The van der Waals surface area contributed by atoms with E-state index < -0.39 is 10.0 Å². The van der Waals surface area contributed by atoms with Crippen LogP contribution >= 0.6 is 0 Å². The Morgan fingerprint density at radius 3 is 2.89 bits per heavy atom. The highest BCUT2D eigenvalue weighted by molar-refractivity contribution is 7.89. The van der Waals surface area contributed by atoms with Crippen molar-refractivity contribution in [3.8, 4) is 0 Å². The molecule has 4 rings (SSSR count). The van der Waals surface area contributed by atoms with E-state index in [-0.39, 0.29) is 6.04 Å². The van der Waals surface area contributed by atoms with Gasteiger partial charge < -0.3 is 4.74 Å². The Morgan fingerprint density at radius 1 is 1.26 bits per heavy atom. The maximum atomic E-state index is 13.6. The third-order valence-electron chi connectivity index (χ3n) is 5.74. The molecule has 27 heavy (non-hydrogen) atoms. The van der Waals surface area contributed by atoms with Crippen LogP contribution in [0.2, 0.25) is 0 Å². The molecule has 1 atom stereocenters. The lowest BCUT2D eigenvalue weighted by atomic mass is 9.97. The monoisotopic (exact) mass is 389 g/mol. The van der Waals surface area contributed by atoms with Crippen molar-refractivity contribution in [2.75, 3.05) is 13.2 Å². The van der Waals surface area contributed by atoms with Crippen LogP contribution in [0.15, 0.2) is 29.2 Å². The quantitative estimate of drug-likeness (QED) is 0.806. The Labute approximate surface area is 161 Å². The van der Waals surface area contributed by atoms with Crippen LogP contribution in [0.4, 0.5) is 0 Å². The Bertz CT molecular complexity index is 936. The summed E-state index contributed by atoms with van der Waals surface area (Å²) >= 11 is 0. The van der Waals surface area contributed by atoms with Crippen molar-refractivity contribution in [1.29, 1.82) is 0 Å². The first-order chi connectivity index (χ1) is 13.0. The SMILES string of the molecule is CCc1ccccc1S(=O)(=O)N1CCCCC1c1nn(C)c2c1COCC2. The third-order valence-corrected chi connectivity index (χ3v) is 7.75. The molecule has 1 aromatic carbocycles. The molecule has 0 aliphatic carbocycles. The number of sulfonamides is 1. The van der Waals surface area contributed by atoms with Gasteiger partial charge in [0.15, 0.2) is 0 Å². The smallest absolute Gasteiger partial charge is 0.243 e. The van der Waals surface area contributed by atoms with Crippen molar-refractivity contribution in [2.45, 2.75) is 56.6 Å². The molecule has 2 aromatic rings. The Morgan fingerprint density at radius 2 is 2.07 bits per heavy atom. The molecule has 0 spiro atoms. The topological polar surface area (TPSA) is 64.4 Å². The van der Waals surface area contributed by atoms with Crippen molar-refractivity contribution in [3.63, 3.8) is 0 Å². The Balaban J connectivity index is 1.78. The van der Waals surface area contributed by atoms with Crippen molar-refractivity contribution < 1.29 is 13.2 Å². The molecule has 0 N–H and O–H groups in total. The van der Waals surface area contributed by atoms with Gasteiger partial charge in [0.1, 0.15) is 0 Å². The minimum absolute atomic E-state index is 0.217. The molecule has 1 unspecified atom stereocenters. The van der Waals surface area contributed by atoms with E-state index in [9.17, 15) is 8.42 Å². The van der Waals surface area contributed by atoms with Crippen molar-refractivity contribution in [1.82, 2.24) is 14.1 Å². The summed E-state index contributed by atoms with van der Waals surface area (Å²) in [7, 11) is -1.63. The van der Waals surface area contributed by atoms with Gasteiger partial charge in [0.25, 0.3) is 0 Å². The van der Waals surface area contributed by atoms with Crippen LogP contribution in [0.25, 0.3) is 0 Å². The molecule has 0 bridgehead atoms. The fourth-order valence-electron chi connectivity index (χ4n) is 4.35. The van der Waals surface area contributed by atoms with E-state index >= 15 is 0 Å². The predicted octanol–water partition coefficient (Wildman–Crippen LogP) is 2.97. The zero-order chi connectivity index (χ0) is 19.0. The Kier molecular flexibility index (Phi) is 5.09. The van der Waals surface area contributed by atoms with Crippen LogP contribution in [0.3, 0.4) is 0 Å². The lowest BCUT2D eigenvalue weighted by Crippen LogP contribution is -2.39. The van der Waals surface area contributed by atoms with Crippen LogP contribution in [-0.2, 0) is 41.3 Å². The van der Waals surface area contributed by atoms with Crippen LogP contribution in [0.5, 0.6) is 0 Å². The van der Waals surface area contributed by atoms with Gasteiger partial charge in [-0.05, 0) is 30.9 Å². The summed E-state index contributed by atoms with van der Waals surface area (Å²) in [5, 5.41) is 4.75. The number of aromatic nitrogens is 2. The molecule has 6 nitrogen and oxygen atoms in total. The summed E-state index contributed by atoms with van der Waals surface area (Å²) in [4.78, 5) is 0.431. The van der Waals surface area contributed by atoms with Gasteiger partial charge in [-0.25, -0.2) is 8.42 Å². The molecule has 7 heteroatoms. The summed E-state index contributed by atoms with van der Waals surface area (Å²) in [6, 6.07) is 7.13. The zero-order valence-electron chi connectivity index (χ0n) is 16.0. The number of aryl methyl sites for hydroxylation is 2. The average molecular weight is 390 g/mol. The standard InChI is InChI=1S/C20H27N3O3S/c1-3-15-8-4-5-10-19(15)27(24,25)23-12-7-6-9-18(23)20-16-14-26-13-11-17(16)22(2)21-20/h4-5,8,10,18H,3,6-7,9,11-14H2,1-2H3. The molecule has 0 saturated carbocycles. The van der Waals surface area contributed by atoms with Gasteiger partial charge in [-0.2, -0.15) is 9.40 Å². The molecule has 1 saturated heterocycles. The van der Waals surface area contributed by atoms with E-state index in [1.165, 1.54) is 5.69 Å². The second kappa shape index (κ2) is 7.37. The van der Waals surface area contributed by atoms with Crippen molar-refractivity contribution in [3.05, 3.63) is 46.8 Å². The van der Waals surface area contributed by atoms with E-state index in [1.54, 1.807) is 10.4 Å². The number of fused-ring (bicyclic) bond motifs is 1. The summed E-state index contributed by atoms with van der Waals surface area (Å²) < 4.78 is 36.4. The number of piperidine rings is 1. The fraction of sp³-hybridized carbons (Fsp3) is 0.550. The molecule has 0 radical (unpaired) electrons. The van der Waals surface area contributed by atoms with Crippen molar-refractivity contribution in [2.24, 2.45) is 7.05 Å². The van der Waals surface area contributed by atoms with E-state index in [0.29, 0.717) is 31.1 Å². The minimum atomic E-state index is -3.58. The maximum Gasteiger partial charge on any atom is 0.243 e. The van der Waals surface area contributed by atoms with Crippen LogP contribution in [-0.4, -0.2) is 35.7 Å². The Hall–Kier alpha value is -1.70. The number of nitrogens with zero attached hydrogens (tertiary/aromatic N) is 3. The highest BCUT2D eigenvalue weighted by Crippen LogP contribution is 2.38. The van der Waals surface area contributed by atoms with E-state index in [4.69, 9.17) is 9.84 Å². The highest BCUT2D eigenvalue weighted by Gasteiger charge is 2.38. The molecule has 1 aromatic heterocycles. The second-order valence-corrected chi connectivity index (χ2v) is 9.18. The van der Waals surface area contributed by atoms with Crippen LogP contribution < -0.4 is 0 Å². The summed E-state index contributed by atoms with van der Waals surface area (Å²) in [5.74, 6) is 0. The normalized spacial score (nSPS) is 21.2. The van der Waals surface area contributed by atoms with Gasteiger partial charge in [0.05, 0.1) is 29.8 Å². The van der Waals surface area contributed by atoms with Gasteiger partial charge in [-0.15, -0.1) is 0 Å². The molecule has 2 aliphatic rings. The van der Waals surface area contributed by atoms with Gasteiger partial charge in [-0.1, -0.05) is 31.5 Å². The number of ether oxygens (including phenoxy) is 1. The van der Waals surface area contributed by atoms with Gasteiger partial charge in [-0.3, -0.25) is 4.68 Å². The first-order valence-electron chi connectivity index (χ1n) is 9.76. The van der Waals surface area contributed by atoms with E-state index in [0.717, 1.165) is 42.5 Å². The fourth-order valence-corrected chi connectivity index (χ4v) is 6.30. The molecule has 2 aliphatic heterocycles. The van der Waals surface area contributed by atoms with Gasteiger partial charge in [0, 0.05) is 31.3 Å². The summed E-state index contributed by atoms with van der Waals surface area (Å²) in [5.41, 5.74) is 4.01. The molecule has 0 amide bonds. The molecular formula is C20H27N3O3S.